The van der Waals surface area contributed by atoms with Gasteiger partial charge < -0.3 is 0 Å². The smallest absolute Gasteiger partial charge is 0.297 e. The summed E-state index contributed by atoms with van der Waals surface area (Å²) in [6, 6.07) is 1.52. The van der Waals surface area contributed by atoms with Gasteiger partial charge in [-0.1, -0.05) is 0 Å². The van der Waals surface area contributed by atoms with Crippen LogP contribution in [0.15, 0.2) is 6.20 Å². The Labute approximate surface area is 118 Å². The van der Waals surface area contributed by atoms with Crippen molar-refractivity contribution in [3.05, 3.63) is 17.5 Å². The molecule has 1 atom stereocenters. The van der Waals surface area contributed by atoms with Crippen LogP contribution in [0.1, 0.15) is 35.8 Å². The second kappa shape index (κ2) is 5.31. The Morgan fingerprint density at radius 3 is 2.57 bits per heavy atom. The van der Waals surface area contributed by atoms with Crippen molar-refractivity contribution in [3.8, 4) is 6.07 Å². The van der Waals surface area contributed by atoms with E-state index in [1.165, 1.54) is 6.07 Å². The van der Waals surface area contributed by atoms with E-state index in [0.717, 1.165) is 10.9 Å². The van der Waals surface area contributed by atoms with E-state index in [9.17, 15) is 22.8 Å². The molecule has 1 aromatic rings. The third kappa shape index (κ3) is 2.96. The maximum Gasteiger partial charge on any atom is 0.435 e. The Morgan fingerprint density at radius 2 is 2.14 bits per heavy atom. The standard InChI is InChI=1S/C13H12F3N3O2/c1-2-19-6-9(12(18-19)13(14,15)16)11(21)8(5-17)10(20)7-3-4-7/h6-8H,2-4H2,1H3. The van der Waals surface area contributed by atoms with E-state index in [-0.39, 0.29) is 12.5 Å². The molecule has 1 unspecified atom stereocenters. The molecule has 8 heteroatoms. The second-order valence-corrected chi connectivity index (χ2v) is 4.85. The quantitative estimate of drug-likeness (QED) is 0.617. The van der Waals surface area contributed by atoms with Gasteiger partial charge >= 0.3 is 6.18 Å². The topological polar surface area (TPSA) is 75.8 Å². The molecule has 1 aliphatic carbocycles. The highest BCUT2D eigenvalue weighted by atomic mass is 19.4. The average Bonchev–Trinajstić information content (AvgIpc) is 3.16. The molecule has 2 rings (SSSR count). The highest BCUT2D eigenvalue weighted by Gasteiger charge is 2.44. The molecule has 0 aliphatic heterocycles. The molecule has 0 amide bonds. The van der Waals surface area contributed by atoms with Crippen LogP contribution in [0.25, 0.3) is 0 Å². The first-order chi connectivity index (χ1) is 9.79. The van der Waals surface area contributed by atoms with Crippen LogP contribution < -0.4 is 0 Å². The van der Waals surface area contributed by atoms with Crippen molar-refractivity contribution in [3.63, 3.8) is 0 Å². The SMILES string of the molecule is CCn1cc(C(=O)C(C#N)C(=O)C2CC2)c(C(F)(F)F)n1. The maximum absolute atomic E-state index is 12.9. The highest BCUT2D eigenvalue weighted by Crippen LogP contribution is 2.35. The fourth-order valence-corrected chi connectivity index (χ4v) is 1.98. The van der Waals surface area contributed by atoms with Gasteiger partial charge in [0.25, 0.3) is 0 Å². The van der Waals surface area contributed by atoms with Crippen LogP contribution >= 0.6 is 0 Å². The molecule has 0 bridgehead atoms. The number of nitriles is 1. The van der Waals surface area contributed by atoms with Gasteiger partial charge in [0.2, 0.25) is 0 Å². The Kier molecular flexibility index (Phi) is 3.85. The Bertz CT molecular complexity index is 624. The summed E-state index contributed by atoms with van der Waals surface area (Å²) in [6.07, 6.45) is -2.72. The largest absolute Gasteiger partial charge is 0.435 e. The summed E-state index contributed by atoms with van der Waals surface area (Å²) in [6.45, 7) is 1.71. The van der Waals surface area contributed by atoms with Gasteiger partial charge in [0.1, 0.15) is 0 Å². The van der Waals surface area contributed by atoms with Gasteiger partial charge in [-0.05, 0) is 19.8 Å². The molecule has 1 heterocycles. The van der Waals surface area contributed by atoms with Crippen LogP contribution in [-0.2, 0) is 17.5 Å². The molecule has 1 fully saturated rings. The Balaban J connectivity index is 2.40. The molecule has 5 nitrogen and oxygen atoms in total. The van der Waals surface area contributed by atoms with Crippen molar-refractivity contribution in [2.45, 2.75) is 32.5 Å². The van der Waals surface area contributed by atoms with Crippen molar-refractivity contribution in [2.75, 3.05) is 0 Å². The number of alkyl halides is 3. The number of aryl methyl sites for hydroxylation is 1. The van der Waals surface area contributed by atoms with Crippen LogP contribution in [0.3, 0.4) is 0 Å². The summed E-state index contributed by atoms with van der Waals surface area (Å²) in [5.74, 6) is -3.79. The summed E-state index contributed by atoms with van der Waals surface area (Å²) < 4.78 is 39.7. The molecular weight excluding hydrogens is 287 g/mol. The number of hydrogen-bond acceptors (Lipinski definition) is 4. The average molecular weight is 299 g/mol. The summed E-state index contributed by atoms with van der Waals surface area (Å²) in [4.78, 5) is 24.0. The molecule has 1 saturated carbocycles. The number of aromatic nitrogens is 2. The number of carbonyl (C=O) groups excluding carboxylic acids is 2. The van der Waals surface area contributed by atoms with Crippen LogP contribution in [0.4, 0.5) is 13.2 Å². The van der Waals surface area contributed by atoms with Crippen molar-refractivity contribution in [2.24, 2.45) is 11.8 Å². The Morgan fingerprint density at radius 1 is 1.52 bits per heavy atom. The molecule has 0 radical (unpaired) electrons. The minimum Gasteiger partial charge on any atom is -0.297 e. The zero-order valence-corrected chi connectivity index (χ0v) is 11.1. The normalized spacial score (nSPS) is 16.3. The van der Waals surface area contributed by atoms with E-state index in [0.29, 0.717) is 12.8 Å². The third-order valence-corrected chi connectivity index (χ3v) is 3.28. The molecule has 112 valence electrons. The summed E-state index contributed by atoms with van der Waals surface area (Å²) in [5, 5.41) is 12.3. The molecule has 21 heavy (non-hydrogen) atoms. The van der Waals surface area contributed by atoms with E-state index in [1.807, 2.05) is 0 Å². The van der Waals surface area contributed by atoms with Gasteiger partial charge in [-0.3, -0.25) is 14.3 Å². The fraction of sp³-hybridized carbons (Fsp3) is 0.538. The lowest BCUT2D eigenvalue weighted by Crippen LogP contribution is -2.26. The first kappa shape index (κ1) is 15.2. The van der Waals surface area contributed by atoms with Gasteiger partial charge in [-0.25, -0.2) is 0 Å². The van der Waals surface area contributed by atoms with Crippen molar-refractivity contribution >= 4 is 11.6 Å². The predicted octanol–water partition coefficient (Wildman–Crippen LogP) is 2.22. The van der Waals surface area contributed by atoms with E-state index in [1.54, 1.807) is 6.92 Å². The molecule has 0 saturated heterocycles. The molecule has 0 aromatic carbocycles. The minimum absolute atomic E-state index is 0.143. The van der Waals surface area contributed by atoms with Gasteiger partial charge in [-0.15, -0.1) is 0 Å². The maximum atomic E-state index is 12.9. The highest BCUT2D eigenvalue weighted by molar-refractivity contribution is 6.14. The first-order valence-electron chi connectivity index (χ1n) is 6.41. The van der Waals surface area contributed by atoms with E-state index >= 15 is 0 Å². The van der Waals surface area contributed by atoms with Crippen LogP contribution in [-0.4, -0.2) is 21.3 Å². The number of halogens is 3. The number of hydrogen-bond donors (Lipinski definition) is 0. The van der Waals surface area contributed by atoms with Gasteiger partial charge in [0.15, 0.2) is 23.2 Å². The lowest BCUT2D eigenvalue weighted by molar-refractivity contribution is -0.142. The number of Topliss-reactive ketones (excluding diaryl/α,β-unsaturated/α-hetero) is 2. The van der Waals surface area contributed by atoms with Gasteiger partial charge in [0.05, 0.1) is 11.6 Å². The monoisotopic (exact) mass is 299 g/mol. The van der Waals surface area contributed by atoms with Crippen LogP contribution in [0.2, 0.25) is 0 Å². The zero-order valence-electron chi connectivity index (χ0n) is 11.1. The molecule has 1 aliphatic rings. The number of carbonyl (C=O) groups is 2. The van der Waals surface area contributed by atoms with Gasteiger partial charge in [-0.2, -0.15) is 23.5 Å². The molecule has 1 aromatic heterocycles. The first-order valence-corrected chi connectivity index (χ1v) is 6.41. The molecule has 0 spiro atoms. The summed E-state index contributed by atoms with van der Waals surface area (Å²) in [7, 11) is 0. The molecule has 0 N–H and O–H groups in total. The fourth-order valence-electron chi connectivity index (χ4n) is 1.98. The van der Waals surface area contributed by atoms with Crippen LogP contribution in [0.5, 0.6) is 0 Å². The third-order valence-electron chi connectivity index (χ3n) is 3.28. The van der Waals surface area contributed by atoms with E-state index < -0.39 is 34.9 Å². The second-order valence-electron chi connectivity index (χ2n) is 4.85. The zero-order chi connectivity index (χ0) is 15.8. The van der Waals surface area contributed by atoms with E-state index in [2.05, 4.69) is 5.10 Å². The van der Waals surface area contributed by atoms with Crippen molar-refractivity contribution < 1.29 is 22.8 Å². The van der Waals surface area contributed by atoms with Crippen molar-refractivity contribution in [1.29, 1.82) is 5.26 Å². The summed E-state index contributed by atoms with van der Waals surface area (Å²) in [5.41, 5.74) is -2.07. The number of ketones is 2. The Hall–Kier alpha value is -2.17. The summed E-state index contributed by atoms with van der Waals surface area (Å²) >= 11 is 0. The number of rotatable bonds is 5. The molecular formula is C13H12F3N3O2. The van der Waals surface area contributed by atoms with Crippen molar-refractivity contribution in [1.82, 2.24) is 9.78 Å². The predicted molar refractivity (Wildman–Crippen MR) is 64.1 cm³/mol. The van der Waals surface area contributed by atoms with E-state index in [4.69, 9.17) is 5.26 Å². The van der Waals surface area contributed by atoms with Crippen LogP contribution in [0, 0.1) is 23.2 Å². The minimum atomic E-state index is -4.81. The lowest BCUT2D eigenvalue weighted by Gasteiger charge is -2.08. The number of nitrogens with zero attached hydrogens (tertiary/aromatic N) is 3. The lowest BCUT2D eigenvalue weighted by atomic mass is 9.92. The van der Waals surface area contributed by atoms with Gasteiger partial charge in [0, 0.05) is 18.7 Å².